The smallest absolute Gasteiger partial charge is 0.434 e. The minimum absolute atomic E-state index is 0.111. The molecule has 0 heterocycles. The lowest BCUT2D eigenvalue weighted by atomic mass is 10.1. The highest BCUT2D eigenvalue weighted by atomic mass is 19.4. The summed E-state index contributed by atoms with van der Waals surface area (Å²) in [6, 6.07) is 8.05. The Balaban J connectivity index is 2.68. The summed E-state index contributed by atoms with van der Waals surface area (Å²) in [4.78, 5) is 15.3. The number of halogens is 4. The summed E-state index contributed by atoms with van der Waals surface area (Å²) in [5, 5.41) is 0.282. The van der Waals surface area contributed by atoms with Crippen molar-refractivity contribution in [2.75, 3.05) is 6.61 Å². The van der Waals surface area contributed by atoms with E-state index in [0.717, 1.165) is 0 Å². The van der Waals surface area contributed by atoms with Crippen molar-refractivity contribution in [2.24, 2.45) is 10.7 Å². The molecule has 2 N–H and O–H groups in total. The third-order valence-corrected chi connectivity index (χ3v) is 3.26. The van der Waals surface area contributed by atoms with Crippen LogP contribution in [0.2, 0.25) is 0 Å². The molecule has 0 aliphatic heterocycles. The maximum Gasteiger partial charge on any atom is 0.434 e. The van der Waals surface area contributed by atoms with E-state index in [1.54, 1.807) is 0 Å². The molecule has 2 aromatic carbocycles. The molecule has 0 aliphatic carbocycles. The molecule has 0 radical (unpaired) electrons. The first-order valence-corrected chi connectivity index (χ1v) is 7.22. The second-order valence-corrected chi connectivity index (χ2v) is 4.87. The van der Waals surface area contributed by atoms with Crippen molar-refractivity contribution < 1.29 is 27.1 Å². The van der Waals surface area contributed by atoms with E-state index in [2.05, 4.69) is 9.73 Å². The second-order valence-electron chi connectivity index (χ2n) is 4.87. The standard InChI is InChI=1S/C17H14F4N2O2/c1-2-25-16(24)12(9-22)15(17(19,20)21)23-14-8-4-5-10-11(14)6-3-7-13(10)18/h3-9H,2,22H2,1H3. The first-order valence-electron chi connectivity index (χ1n) is 7.22. The molecule has 0 saturated heterocycles. The van der Waals surface area contributed by atoms with E-state index < -0.39 is 29.2 Å². The Morgan fingerprint density at radius 2 is 1.84 bits per heavy atom. The molecule has 0 atom stereocenters. The molecule has 4 nitrogen and oxygen atoms in total. The number of ether oxygens (including phenoxy) is 1. The Kier molecular flexibility index (Phi) is 5.41. The lowest BCUT2D eigenvalue weighted by Gasteiger charge is -2.13. The zero-order valence-corrected chi connectivity index (χ0v) is 13.1. The summed E-state index contributed by atoms with van der Waals surface area (Å²) in [7, 11) is 0. The van der Waals surface area contributed by atoms with E-state index in [4.69, 9.17) is 5.73 Å². The van der Waals surface area contributed by atoms with Crippen molar-refractivity contribution in [3.8, 4) is 0 Å². The molecular weight excluding hydrogens is 340 g/mol. The third kappa shape index (κ3) is 3.96. The molecule has 25 heavy (non-hydrogen) atoms. The van der Waals surface area contributed by atoms with Gasteiger partial charge in [-0.1, -0.05) is 24.3 Å². The minimum Gasteiger partial charge on any atom is -0.462 e. The van der Waals surface area contributed by atoms with Crippen LogP contribution in [0.3, 0.4) is 0 Å². The quantitative estimate of drug-likeness (QED) is 0.390. The van der Waals surface area contributed by atoms with Crippen LogP contribution in [0.4, 0.5) is 23.2 Å². The summed E-state index contributed by atoms with van der Waals surface area (Å²) >= 11 is 0. The summed E-state index contributed by atoms with van der Waals surface area (Å²) in [6.07, 6.45) is -4.47. The van der Waals surface area contributed by atoms with E-state index in [0.29, 0.717) is 6.20 Å². The topological polar surface area (TPSA) is 64.7 Å². The zero-order chi connectivity index (χ0) is 18.6. The highest BCUT2D eigenvalue weighted by Gasteiger charge is 2.41. The first kappa shape index (κ1) is 18.4. The van der Waals surface area contributed by atoms with Crippen molar-refractivity contribution in [2.45, 2.75) is 13.1 Å². The molecule has 0 bridgehead atoms. The van der Waals surface area contributed by atoms with Gasteiger partial charge < -0.3 is 10.5 Å². The van der Waals surface area contributed by atoms with Gasteiger partial charge in [0.05, 0.1) is 12.3 Å². The Hall–Kier alpha value is -2.90. The number of carbonyl (C=O) groups is 1. The van der Waals surface area contributed by atoms with Crippen LogP contribution >= 0.6 is 0 Å². The summed E-state index contributed by atoms with van der Waals surface area (Å²) in [5.74, 6) is -1.84. The van der Waals surface area contributed by atoms with E-state index in [-0.39, 0.29) is 23.1 Å². The Morgan fingerprint density at radius 1 is 1.20 bits per heavy atom. The van der Waals surface area contributed by atoms with Crippen LogP contribution in [0.1, 0.15) is 6.92 Å². The first-order chi connectivity index (χ1) is 11.8. The number of nitrogens with two attached hydrogens (primary N) is 1. The predicted octanol–water partition coefficient (Wildman–Crippen LogP) is 4.02. The van der Waals surface area contributed by atoms with Crippen molar-refractivity contribution in [1.82, 2.24) is 0 Å². The van der Waals surface area contributed by atoms with Gasteiger partial charge in [0.1, 0.15) is 11.4 Å². The Morgan fingerprint density at radius 3 is 2.44 bits per heavy atom. The van der Waals surface area contributed by atoms with E-state index in [9.17, 15) is 22.4 Å². The highest BCUT2D eigenvalue weighted by Crippen LogP contribution is 2.31. The number of hydrogen-bond donors (Lipinski definition) is 1. The van der Waals surface area contributed by atoms with Gasteiger partial charge in [0.15, 0.2) is 5.71 Å². The molecule has 0 saturated carbocycles. The van der Waals surface area contributed by atoms with E-state index >= 15 is 0 Å². The fraction of sp³-hybridized carbons (Fsp3) is 0.176. The zero-order valence-electron chi connectivity index (χ0n) is 13.1. The van der Waals surface area contributed by atoms with Crippen molar-refractivity contribution >= 4 is 28.1 Å². The Bertz CT molecular complexity index is 857. The van der Waals surface area contributed by atoms with Gasteiger partial charge in [-0.15, -0.1) is 0 Å². The van der Waals surface area contributed by atoms with Crippen LogP contribution in [0.15, 0.2) is 53.2 Å². The van der Waals surface area contributed by atoms with Gasteiger partial charge in [-0.25, -0.2) is 14.2 Å². The number of esters is 1. The fourth-order valence-corrected chi connectivity index (χ4v) is 2.20. The Labute approximate surface area is 140 Å². The van der Waals surface area contributed by atoms with Gasteiger partial charge in [-0.05, 0) is 19.1 Å². The van der Waals surface area contributed by atoms with Gasteiger partial charge in [-0.3, -0.25) is 0 Å². The normalized spacial score (nSPS) is 13.2. The van der Waals surface area contributed by atoms with Gasteiger partial charge in [-0.2, -0.15) is 13.2 Å². The maximum atomic E-state index is 13.8. The van der Waals surface area contributed by atoms with Crippen LogP contribution in [0.5, 0.6) is 0 Å². The molecule has 0 unspecified atom stereocenters. The van der Waals surface area contributed by atoms with Gasteiger partial charge in [0.2, 0.25) is 0 Å². The third-order valence-electron chi connectivity index (χ3n) is 3.26. The lowest BCUT2D eigenvalue weighted by molar-refractivity contribution is -0.138. The molecule has 0 amide bonds. The number of rotatable bonds is 4. The molecule has 0 spiro atoms. The number of fused-ring (bicyclic) bond motifs is 1. The largest absolute Gasteiger partial charge is 0.462 e. The summed E-state index contributed by atoms with van der Waals surface area (Å²) in [6.45, 7) is 1.32. The molecule has 8 heteroatoms. The molecular formula is C17H14F4N2O2. The van der Waals surface area contributed by atoms with Gasteiger partial charge >= 0.3 is 12.1 Å². The van der Waals surface area contributed by atoms with Crippen molar-refractivity contribution in [1.29, 1.82) is 0 Å². The summed E-state index contributed by atoms with van der Waals surface area (Å²) < 4.78 is 58.6. The SMILES string of the molecule is CCOC(=O)C(=CN)C(=Nc1cccc2c(F)cccc12)C(F)(F)F. The van der Waals surface area contributed by atoms with Gasteiger partial charge in [0.25, 0.3) is 0 Å². The van der Waals surface area contributed by atoms with Gasteiger partial charge in [0, 0.05) is 17.0 Å². The van der Waals surface area contributed by atoms with Crippen LogP contribution < -0.4 is 5.73 Å². The molecule has 0 aromatic heterocycles. The number of carbonyl (C=O) groups excluding carboxylic acids is 1. The fourth-order valence-electron chi connectivity index (χ4n) is 2.20. The maximum absolute atomic E-state index is 13.8. The van der Waals surface area contributed by atoms with E-state index in [1.165, 1.54) is 43.3 Å². The van der Waals surface area contributed by atoms with Crippen LogP contribution in [-0.2, 0) is 9.53 Å². The van der Waals surface area contributed by atoms with Crippen LogP contribution in [0.25, 0.3) is 10.8 Å². The number of nitrogens with zero attached hydrogens (tertiary/aromatic N) is 1. The number of aliphatic imine (C=N–C) groups is 1. The van der Waals surface area contributed by atoms with E-state index in [1.807, 2.05) is 0 Å². The van der Waals surface area contributed by atoms with Crippen LogP contribution in [0, 0.1) is 5.82 Å². The highest BCUT2D eigenvalue weighted by molar-refractivity contribution is 6.23. The average Bonchev–Trinajstić information content (AvgIpc) is 2.55. The number of hydrogen-bond acceptors (Lipinski definition) is 4. The van der Waals surface area contributed by atoms with Crippen molar-refractivity contribution in [3.05, 3.63) is 54.0 Å². The molecule has 0 aliphatic rings. The lowest BCUT2D eigenvalue weighted by Crippen LogP contribution is -2.30. The molecule has 132 valence electrons. The predicted molar refractivity (Wildman–Crippen MR) is 86.0 cm³/mol. The number of benzene rings is 2. The minimum atomic E-state index is -4.96. The molecule has 0 fully saturated rings. The van der Waals surface area contributed by atoms with Crippen LogP contribution in [-0.4, -0.2) is 24.5 Å². The second kappa shape index (κ2) is 7.33. The molecule has 2 aromatic rings. The monoisotopic (exact) mass is 354 g/mol. The average molecular weight is 354 g/mol. The van der Waals surface area contributed by atoms with Crippen molar-refractivity contribution in [3.63, 3.8) is 0 Å². The summed E-state index contributed by atoms with van der Waals surface area (Å²) in [5.41, 5.74) is 2.62. The molecule has 2 rings (SSSR count). The number of alkyl halides is 3.